The van der Waals surface area contributed by atoms with Crippen LogP contribution in [0.25, 0.3) is 0 Å². The van der Waals surface area contributed by atoms with Crippen LogP contribution >= 0.6 is 24.4 Å². The molecule has 0 atom stereocenters. The normalized spacial score (nSPS) is 3.43. The molecular formula is C2H4FeO2S2. The van der Waals surface area contributed by atoms with Gasteiger partial charge in [-0.25, -0.2) is 0 Å². The first-order valence-corrected chi connectivity index (χ1v) is 1.93. The molecule has 0 aliphatic rings. The maximum atomic E-state index is 7.26. The molecule has 0 bridgehead atoms. The summed E-state index contributed by atoms with van der Waals surface area (Å²) in [4.78, 5) is 0. The van der Waals surface area contributed by atoms with Gasteiger partial charge in [0.2, 0.25) is 0 Å². The van der Waals surface area contributed by atoms with E-state index in [1.54, 1.807) is 0 Å². The first-order chi connectivity index (χ1) is 2.83. The van der Waals surface area contributed by atoms with Gasteiger partial charge in [0.25, 0.3) is 0 Å². The molecule has 0 amide bonds. The molecule has 0 aromatic heterocycles. The zero-order valence-corrected chi connectivity index (χ0v) is 5.96. The van der Waals surface area contributed by atoms with E-state index in [4.69, 9.17) is 10.2 Å². The largest absolute Gasteiger partial charge is 0.504 e. The summed E-state index contributed by atoms with van der Waals surface area (Å²) in [5.41, 5.74) is 1.17. The molecule has 0 rings (SSSR count). The Hall–Kier alpha value is 0.299. The molecule has 0 fully saturated rings. The molecule has 2 N–H and O–H groups in total. The van der Waals surface area contributed by atoms with Gasteiger partial charge in [0, 0.05) is 17.1 Å². The Kier molecular flexibility index (Phi) is 74.9. The second-order valence-corrected chi connectivity index (χ2v) is 0.632. The molecule has 0 radical (unpaired) electrons. The van der Waals surface area contributed by atoms with Crippen LogP contribution in [0.5, 0.6) is 0 Å². The van der Waals surface area contributed by atoms with Crippen LogP contribution in [0.3, 0.4) is 0 Å². The van der Waals surface area contributed by atoms with E-state index in [0.717, 1.165) is 0 Å². The van der Waals surface area contributed by atoms with Crippen LogP contribution in [0.1, 0.15) is 0 Å². The number of aliphatic hydroxyl groups is 2. The summed E-state index contributed by atoms with van der Waals surface area (Å²) in [6, 6.07) is 0. The van der Waals surface area contributed by atoms with Gasteiger partial charge in [-0.1, -0.05) is 0 Å². The average molecular weight is 180 g/mol. The molecule has 44 valence electrons. The fraction of sp³-hybridized carbons (Fsp3) is 0. The fourth-order valence-corrected chi connectivity index (χ4v) is 0. The van der Waals surface area contributed by atoms with Crippen molar-refractivity contribution in [2.45, 2.75) is 0 Å². The average Bonchev–Trinajstić information content (AvgIpc) is 1.39. The number of thiocarbonyl (C=S) groups is 2. The number of hydrogen-bond donors (Lipinski definition) is 2. The first kappa shape index (κ1) is 15.7. The van der Waals surface area contributed by atoms with E-state index in [1.807, 2.05) is 0 Å². The SMILES string of the molecule is OC=S.OC=S.[Fe]. The van der Waals surface area contributed by atoms with Gasteiger partial charge in [0.05, 0.1) is 0 Å². The van der Waals surface area contributed by atoms with Gasteiger partial charge >= 0.3 is 0 Å². The molecule has 2 nitrogen and oxygen atoms in total. The van der Waals surface area contributed by atoms with Crippen LogP contribution in [-0.4, -0.2) is 21.3 Å². The minimum atomic E-state index is 0. The molecule has 0 aromatic rings. The van der Waals surface area contributed by atoms with Crippen molar-refractivity contribution in [2.24, 2.45) is 0 Å². The van der Waals surface area contributed by atoms with E-state index >= 15 is 0 Å². The van der Waals surface area contributed by atoms with Gasteiger partial charge in [0.1, 0.15) is 11.1 Å². The van der Waals surface area contributed by atoms with E-state index in [1.165, 1.54) is 0 Å². The third-order valence-electron chi connectivity index (χ3n) is 0. The van der Waals surface area contributed by atoms with Crippen LogP contribution < -0.4 is 0 Å². The second-order valence-electron chi connectivity index (χ2n) is 0.211. The van der Waals surface area contributed by atoms with Gasteiger partial charge in [-0.15, -0.1) is 0 Å². The van der Waals surface area contributed by atoms with Crippen LogP contribution in [0.15, 0.2) is 0 Å². The number of aliphatic hydroxyl groups excluding tert-OH is 2. The van der Waals surface area contributed by atoms with Gasteiger partial charge < -0.3 is 10.2 Å². The summed E-state index contributed by atoms with van der Waals surface area (Å²) in [6.45, 7) is 0. The van der Waals surface area contributed by atoms with Crippen molar-refractivity contribution in [2.75, 3.05) is 0 Å². The smallest absolute Gasteiger partial charge is 0.142 e. The zero-order valence-electron chi connectivity index (χ0n) is 3.22. The van der Waals surface area contributed by atoms with Gasteiger partial charge in [-0.05, 0) is 24.4 Å². The molecule has 5 heteroatoms. The molecule has 0 spiro atoms. The minimum absolute atomic E-state index is 0. The third-order valence-corrected chi connectivity index (χ3v) is 0. The third kappa shape index (κ3) is 1300. The van der Waals surface area contributed by atoms with Gasteiger partial charge in [-0.3, -0.25) is 0 Å². The molecular weight excluding hydrogens is 176 g/mol. The van der Waals surface area contributed by atoms with Crippen molar-refractivity contribution in [1.82, 2.24) is 0 Å². The Morgan fingerprint density at radius 2 is 1.00 bits per heavy atom. The predicted octanol–water partition coefficient (Wildman–Crippen LogP) is 1.00. The maximum absolute atomic E-state index is 7.26. The number of rotatable bonds is 0. The molecule has 0 heterocycles. The predicted molar refractivity (Wildman–Crippen MR) is 32.6 cm³/mol. The Bertz CT molecular complexity index is 34.7. The quantitative estimate of drug-likeness (QED) is 0.431. The monoisotopic (exact) mass is 180 g/mol. The Morgan fingerprint density at radius 3 is 1.00 bits per heavy atom. The van der Waals surface area contributed by atoms with Crippen LogP contribution in [0.2, 0.25) is 0 Å². The molecule has 0 aliphatic heterocycles. The summed E-state index contributed by atoms with van der Waals surface area (Å²) >= 11 is 7.65. The zero-order chi connectivity index (χ0) is 5.41. The Labute approximate surface area is 63.0 Å². The summed E-state index contributed by atoms with van der Waals surface area (Å²) in [5.74, 6) is 0. The van der Waals surface area contributed by atoms with Gasteiger partial charge in [0.15, 0.2) is 0 Å². The van der Waals surface area contributed by atoms with E-state index in [9.17, 15) is 0 Å². The molecule has 0 aliphatic carbocycles. The van der Waals surface area contributed by atoms with E-state index < -0.39 is 0 Å². The van der Waals surface area contributed by atoms with E-state index in [2.05, 4.69) is 24.4 Å². The molecule has 0 saturated carbocycles. The van der Waals surface area contributed by atoms with Crippen molar-refractivity contribution in [3.8, 4) is 0 Å². The van der Waals surface area contributed by atoms with E-state index in [0.29, 0.717) is 11.1 Å². The molecule has 0 unspecified atom stereocenters. The second kappa shape index (κ2) is 33.5. The Morgan fingerprint density at radius 1 is 1.00 bits per heavy atom. The Balaban J connectivity index is -0.0000000400. The van der Waals surface area contributed by atoms with Crippen molar-refractivity contribution in [1.29, 1.82) is 0 Å². The van der Waals surface area contributed by atoms with Crippen molar-refractivity contribution >= 4 is 35.5 Å². The van der Waals surface area contributed by atoms with Crippen LogP contribution in [0.4, 0.5) is 0 Å². The van der Waals surface area contributed by atoms with Crippen LogP contribution in [-0.2, 0) is 17.1 Å². The summed E-state index contributed by atoms with van der Waals surface area (Å²) in [7, 11) is 0. The van der Waals surface area contributed by atoms with Crippen LogP contribution in [0, 0.1) is 0 Å². The maximum Gasteiger partial charge on any atom is 0.142 e. The standard InChI is InChI=1S/2CH2OS.Fe/c2*2-1-3;/h2*1H,(H,2,3);. The van der Waals surface area contributed by atoms with Gasteiger partial charge in [-0.2, -0.15) is 0 Å². The summed E-state index contributed by atoms with van der Waals surface area (Å²) in [6.07, 6.45) is 0. The molecule has 7 heavy (non-hydrogen) atoms. The number of hydrogen-bond acceptors (Lipinski definition) is 2. The van der Waals surface area contributed by atoms with Crippen molar-refractivity contribution in [3.63, 3.8) is 0 Å². The molecule has 0 aromatic carbocycles. The summed E-state index contributed by atoms with van der Waals surface area (Å²) < 4.78 is 0. The van der Waals surface area contributed by atoms with E-state index in [-0.39, 0.29) is 17.1 Å². The summed E-state index contributed by atoms with van der Waals surface area (Å²) in [5, 5.41) is 14.5. The topological polar surface area (TPSA) is 40.5 Å². The minimum Gasteiger partial charge on any atom is -0.504 e. The fourth-order valence-electron chi connectivity index (χ4n) is 0. The first-order valence-electron chi connectivity index (χ1n) is 0.988. The molecule has 0 saturated heterocycles. The van der Waals surface area contributed by atoms with Crippen molar-refractivity contribution < 1.29 is 27.3 Å². The van der Waals surface area contributed by atoms with Crippen molar-refractivity contribution in [3.05, 3.63) is 0 Å².